The molecular weight excluding hydrogens is 330 g/mol. The molecule has 0 aliphatic carbocycles. The summed E-state index contributed by atoms with van der Waals surface area (Å²) in [5.41, 5.74) is 13.0. The number of anilines is 3. The molecule has 6 heteroatoms. The van der Waals surface area contributed by atoms with E-state index in [1.54, 1.807) is 24.3 Å². The van der Waals surface area contributed by atoms with Crippen molar-refractivity contribution >= 4 is 50.5 Å². The number of nitrogens with one attached hydrogen (secondary N) is 1. The van der Waals surface area contributed by atoms with Crippen LogP contribution in [0, 0.1) is 0 Å². The number of hydrogen-bond donors (Lipinski definition) is 3. The van der Waals surface area contributed by atoms with Gasteiger partial charge in [0, 0.05) is 10.2 Å². The largest absolute Gasteiger partial charge is 0.399 e. The second-order valence-corrected chi connectivity index (χ2v) is 5.24. The van der Waals surface area contributed by atoms with Crippen LogP contribution in [0.2, 0.25) is 5.02 Å². The first-order valence-corrected chi connectivity index (χ1v) is 6.56. The van der Waals surface area contributed by atoms with Crippen LogP contribution >= 0.6 is 27.5 Å². The van der Waals surface area contributed by atoms with Crippen molar-refractivity contribution < 1.29 is 4.79 Å². The van der Waals surface area contributed by atoms with Crippen LogP contribution in [0.5, 0.6) is 0 Å². The monoisotopic (exact) mass is 339 g/mol. The number of halogens is 2. The van der Waals surface area contributed by atoms with Gasteiger partial charge in [0.2, 0.25) is 0 Å². The van der Waals surface area contributed by atoms with Crippen molar-refractivity contribution in [1.29, 1.82) is 0 Å². The molecule has 0 unspecified atom stereocenters. The Bertz CT molecular complexity index is 646. The quantitative estimate of drug-likeness (QED) is 0.748. The van der Waals surface area contributed by atoms with Crippen molar-refractivity contribution in [1.82, 2.24) is 0 Å². The number of carbonyl (C=O) groups is 1. The van der Waals surface area contributed by atoms with Crippen LogP contribution in [0.25, 0.3) is 0 Å². The molecule has 2 aromatic rings. The predicted octanol–water partition coefficient (Wildman–Crippen LogP) is 3.53. The number of hydrogen-bond acceptors (Lipinski definition) is 3. The van der Waals surface area contributed by atoms with E-state index in [-0.39, 0.29) is 0 Å². The van der Waals surface area contributed by atoms with Gasteiger partial charge in [-0.2, -0.15) is 0 Å². The lowest BCUT2D eigenvalue weighted by atomic mass is 10.1. The van der Waals surface area contributed by atoms with Gasteiger partial charge in [-0.15, -0.1) is 0 Å². The van der Waals surface area contributed by atoms with Gasteiger partial charge in [0.25, 0.3) is 5.91 Å². The SMILES string of the molecule is NC(=O)c1cc(N)ccc1Nc1ccc(Br)cc1Cl. The fraction of sp³-hybridized carbons (Fsp3) is 0. The Morgan fingerprint density at radius 3 is 2.47 bits per heavy atom. The number of carbonyl (C=O) groups excluding carboxylic acids is 1. The highest BCUT2D eigenvalue weighted by molar-refractivity contribution is 9.10. The molecule has 19 heavy (non-hydrogen) atoms. The van der Waals surface area contributed by atoms with Crippen molar-refractivity contribution in [3.05, 3.63) is 51.5 Å². The van der Waals surface area contributed by atoms with E-state index in [1.807, 2.05) is 6.07 Å². The average molecular weight is 341 g/mol. The molecule has 4 nitrogen and oxygen atoms in total. The van der Waals surface area contributed by atoms with Gasteiger partial charge in [-0.25, -0.2) is 0 Å². The molecule has 0 aliphatic rings. The first-order chi connectivity index (χ1) is 8.97. The van der Waals surface area contributed by atoms with Crippen molar-refractivity contribution in [2.75, 3.05) is 11.1 Å². The summed E-state index contributed by atoms with van der Waals surface area (Å²) in [4.78, 5) is 11.4. The molecule has 0 spiro atoms. The Balaban J connectivity index is 2.40. The lowest BCUT2D eigenvalue weighted by Crippen LogP contribution is -2.13. The summed E-state index contributed by atoms with van der Waals surface area (Å²) in [5.74, 6) is -0.553. The van der Waals surface area contributed by atoms with Gasteiger partial charge in [-0.1, -0.05) is 27.5 Å². The summed E-state index contributed by atoms with van der Waals surface area (Å²) >= 11 is 9.44. The lowest BCUT2D eigenvalue weighted by molar-refractivity contribution is 0.100. The van der Waals surface area contributed by atoms with E-state index in [1.165, 1.54) is 6.07 Å². The van der Waals surface area contributed by atoms with Crippen LogP contribution in [0.4, 0.5) is 17.1 Å². The maximum atomic E-state index is 11.4. The number of nitrogens with two attached hydrogens (primary N) is 2. The number of primary amides is 1. The maximum absolute atomic E-state index is 11.4. The van der Waals surface area contributed by atoms with E-state index in [9.17, 15) is 4.79 Å². The minimum atomic E-state index is -0.553. The van der Waals surface area contributed by atoms with Crippen LogP contribution in [0.15, 0.2) is 40.9 Å². The van der Waals surface area contributed by atoms with Gasteiger partial charge in [0.1, 0.15) is 0 Å². The Morgan fingerprint density at radius 1 is 1.16 bits per heavy atom. The Labute approximate surface area is 123 Å². The summed E-state index contributed by atoms with van der Waals surface area (Å²) < 4.78 is 0.871. The molecule has 0 saturated carbocycles. The Morgan fingerprint density at radius 2 is 1.84 bits per heavy atom. The predicted molar refractivity (Wildman–Crippen MR) is 81.8 cm³/mol. The molecule has 1 amide bonds. The first kappa shape index (κ1) is 13.7. The van der Waals surface area contributed by atoms with Crippen molar-refractivity contribution in [3.63, 3.8) is 0 Å². The van der Waals surface area contributed by atoms with Crippen molar-refractivity contribution in [2.24, 2.45) is 5.73 Å². The number of benzene rings is 2. The molecule has 98 valence electrons. The van der Waals surface area contributed by atoms with Crippen molar-refractivity contribution in [3.8, 4) is 0 Å². The summed E-state index contributed by atoms with van der Waals surface area (Å²) in [7, 11) is 0. The fourth-order valence-electron chi connectivity index (χ4n) is 1.61. The van der Waals surface area contributed by atoms with Gasteiger partial charge in [0.15, 0.2) is 0 Å². The molecule has 0 radical (unpaired) electrons. The van der Waals surface area contributed by atoms with Crippen LogP contribution in [-0.2, 0) is 0 Å². The summed E-state index contributed by atoms with van der Waals surface area (Å²) in [5, 5.41) is 3.60. The number of nitrogen functional groups attached to an aromatic ring is 1. The third-order valence-electron chi connectivity index (χ3n) is 2.51. The second kappa shape index (κ2) is 5.50. The third-order valence-corrected chi connectivity index (χ3v) is 3.32. The van der Waals surface area contributed by atoms with E-state index < -0.39 is 5.91 Å². The molecule has 0 saturated heterocycles. The van der Waals surface area contributed by atoms with E-state index in [0.717, 1.165) is 4.47 Å². The second-order valence-electron chi connectivity index (χ2n) is 3.92. The Hall–Kier alpha value is -1.72. The third kappa shape index (κ3) is 3.19. The summed E-state index contributed by atoms with van der Waals surface area (Å²) in [6, 6.07) is 10.3. The van der Waals surface area contributed by atoms with Crippen LogP contribution in [0.1, 0.15) is 10.4 Å². The maximum Gasteiger partial charge on any atom is 0.250 e. The molecule has 0 fully saturated rings. The summed E-state index contributed by atoms with van der Waals surface area (Å²) in [6.45, 7) is 0. The van der Waals surface area contributed by atoms with Crippen LogP contribution in [-0.4, -0.2) is 5.91 Å². The van der Waals surface area contributed by atoms with Crippen LogP contribution in [0.3, 0.4) is 0 Å². The summed E-state index contributed by atoms with van der Waals surface area (Å²) in [6.07, 6.45) is 0. The highest BCUT2D eigenvalue weighted by atomic mass is 79.9. The minimum Gasteiger partial charge on any atom is -0.399 e. The average Bonchev–Trinajstić information content (AvgIpc) is 2.34. The topological polar surface area (TPSA) is 81.1 Å². The molecule has 0 atom stereocenters. The first-order valence-electron chi connectivity index (χ1n) is 5.39. The van der Waals surface area contributed by atoms with Gasteiger partial charge >= 0.3 is 0 Å². The smallest absolute Gasteiger partial charge is 0.250 e. The minimum absolute atomic E-state index is 0.319. The van der Waals surface area contributed by atoms with E-state index in [2.05, 4.69) is 21.2 Å². The van der Waals surface area contributed by atoms with Gasteiger partial charge < -0.3 is 16.8 Å². The molecule has 2 aromatic carbocycles. The zero-order chi connectivity index (χ0) is 14.0. The normalized spacial score (nSPS) is 10.2. The standard InChI is InChI=1S/C13H11BrClN3O/c14-7-1-3-12(10(15)5-7)18-11-4-2-8(16)6-9(11)13(17)19/h1-6,18H,16H2,(H2,17,19). The zero-order valence-electron chi connectivity index (χ0n) is 9.78. The molecule has 2 rings (SSSR count). The van der Waals surface area contributed by atoms with E-state index >= 15 is 0 Å². The zero-order valence-corrected chi connectivity index (χ0v) is 12.1. The molecule has 0 aliphatic heterocycles. The van der Waals surface area contributed by atoms with Gasteiger partial charge in [0.05, 0.1) is 22.0 Å². The van der Waals surface area contributed by atoms with E-state index in [0.29, 0.717) is 27.6 Å². The Kier molecular flexibility index (Phi) is 3.97. The lowest BCUT2D eigenvalue weighted by Gasteiger charge is -2.12. The number of amides is 1. The fourth-order valence-corrected chi connectivity index (χ4v) is 2.33. The molecular formula is C13H11BrClN3O. The highest BCUT2D eigenvalue weighted by Gasteiger charge is 2.10. The van der Waals surface area contributed by atoms with Gasteiger partial charge in [-0.05, 0) is 36.4 Å². The highest BCUT2D eigenvalue weighted by Crippen LogP contribution is 2.30. The molecule has 0 bridgehead atoms. The molecule has 0 heterocycles. The molecule has 5 N–H and O–H groups in total. The van der Waals surface area contributed by atoms with Crippen molar-refractivity contribution in [2.45, 2.75) is 0 Å². The van der Waals surface area contributed by atoms with E-state index in [4.69, 9.17) is 23.1 Å². The van der Waals surface area contributed by atoms with Gasteiger partial charge in [-0.3, -0.25) is 4.79 Å². The van der Waals surface area contributed by atoms with Crippen LogP contribution < -0.4 is 16.8 Å². The number of rotatable bonds is 3. The molecule has 0 aromatic heterocycles.